The van der Waals surface area contributed by atoms with E-state index < -0.39 is 14.9 Å². The lowest BCUT2D eigenvalue weighted by Crippen LogP contribution is -2.26. The first-order valence-corrected chi connectivity index (χ1v) is 8.25. The molecule has 0 spiro atoms. The van der Waals surface area contributed by atoms with Crippen molar-refractivity contribution < 1.29 is 8.42 Å². The Morgan fingerprint density at radius 3 is 2.71 bits per heavy atom. The second-order valence-electron chi connectivity index (χ2n) is 4.50. The Hall–Kier alpha value is -1.95. The van der Waals surface area contributed by atoms with Crippen molar-refractivity contribution in [3.05, 3.63) is 50.8 Å². The van der Waals surface area contributed by atoms with E-state index in [1.807, 2.05) is 6.07 Å². The number of hydrogen-bond donors (Lipinski definition) is 1. The number of hydrogen-bond acceptors (Lipinski definition) is 5. The summed E-state index contributed by atoms with van der Waals surface area (Å²) in [4.78, 5) is 13.3. The van der Waals surface area contributed by atoms with Gasteiger partial charge >= 0.3 is 4.87 Å². The molecule has 0 radical (unpaired) electrons. The van der Waals surface area contributed by atoms with Crippen molar-refractivity contribution in [3.8, 4) is 6.07 Å². The molecule has 0 fully saturated rings. The van der Waals surface area contributed by atoms with Gasteiger partial charge in [-0.1, -0.05) is 23.5 Å². The lowest BCUT2D eigenvalue weighted by molar-refractivity contribution is 0.468. The SMILES string of the molecule is Cc1[nH]c(=O)sc1S(=O)(=O)N(C)Cc1cccc(C#N)c1. The third kappa shape index (κ3) is 3.21. The Bertz CT molecular complexity index is 859. The summed E-state index contributed by atoms with van der Waals surface area (Å²) in [6.07, 6.45) is 0. The number of aromatic nitrogens is 1. The molecular weight excluding hydrogens is 310 g/mol. The van der Waals surface area contributed by atoms with Gasteiger partial charge in [-0.25, -0.2) is 8.42 Å². The van der Waals surface area contributed by atoms with Crippen molar-refractivity contribution >= 4 is 21.4 Å². The summed E-state index contributed by atoms with van der Waals surface area (Å²) in [6, 6.07) is 8.75. The highest BCUT2D eigenvalue weighted by atomic mass is 32.2. The van der Waals surface area contributed by atoms with Gasteiger partial charge in [-0.05, 0) is 24.6 Å². The van der Waals surface area contributed by atoms with Crippen LogP contribution < -0.4 is 4.87 Å². The van der Waals surface area contributed by atoms with Gasteiger partial charge in [-0.3, -0.25) is 4.79 Å². The fraction of sp³-hybridized carbons (Fsp3) is 0.231. The summed E-state index contributed by atoms with van der Waals surface area (Å²) in [6.45, 7) is 1.68. The topological polar surface area (TPSA) is 94.0 Å². The Labute approximate surface area is 126 Å². The van der Waals surface area contributed by atoms with E-state index in [4.69, 9.17) is 5.26 Å². The second-order valence-corrected chi connectivity index (χ2v) is 7.72. The molecule has 6 nitrogen and oxygen atoms in total. The molecule has 1 N–H and O–H groups in total. The Morgan fingerprint density at radius 1 is 1.43 bits per heavy atom. The number of sulfonamides is 1. The van der Waals surface area contributed by atoms with Crippen LogP contribution in [-0.4, -0.2) is 24.8 Å². The molecule has 0 aliphatic heterocycles. The van der Waals surface area contributed by atoms with E-state index in [0.29, 0.717) is 28.2 Å². The number of nitrogens with one attached hydrogen (secondary N) is 1. The molecular formula is C13H13N3O3S2. The zero-order chi connectivity index (χ0) is 15.6. The van der Waals surface area contributed by atoms with Gasteiger partial charge in [0.1, 0.15) is 0 Å². The molecule has 1 heterocycles. The summed E-state index contributed by atoms with van der Waals surface area (Å²) >= 11 is 0.675. The van der Waals surface area contributed by atoms with Crippen molar-refractivity contribution in [1.29, 1.82) is 5.26 Å². The summed E-state index contributed by atoms with van der Waals surface area (Å²) in [5.74, 6) is 0. The molecule has 8 heteroatoms. The van der Waals surface area contributed by atoms with Crippen LogP contribution in [0.3, 0.4) is 0 Å². The molecule has 110 valence electrons. The normalized spacial score (nSPS) is 11.5. The Kier molecular flexibility index (Phi) is 4.27. The zero-order valence-electron chi connectivity index (χ0n) is 11.5. The molecule has 0 unspecified atom stereocenters. The molecule has 1 aromatic carbocycles. The van der Waals surface area contributed by atoms with Gasteiger partial charge in [-0.15, -0.1) is 0 Å². The first kappa shape index (κ1) is 15.4. The summed E-state index contributed by atoms with van der Waals surface area (Å²) in [5, 5.41) is 8.85. The standard InChI is InChI=1S/C13H13N3O3S2/c1-9-12(20-13(17)15-9)21(18,19)16(2)8-11-5-3-4-10(6-11)7-14/h3-6H,8H2,1-2H3,(H,15,17). The largest absolute Gasteiger partial charge is 0.315 e. The van der Waals surface area contributed by atoms with E-state index in [1.165, 1.54) is 7.05 Å². The number of thiazole rings is 1. The number of benzene rings is 1. The van der Waals surface area contributed by atoms with Crippen LogP contribution in [0.2, 0.25) is 0 Å². The average Bonchev–Trinajstić information content (AvgIpc) is 2.78. The minimum Gasteiger partial charge on any atom is -0.315 e. The molecule has 0 aliphatic carbocycles. The van der Waals surface area contributed by atoms with Crippen molar-refractivity contribution in [1.82, 2.24) is 9.29 Å². The Balaban J connectivity index is 2.31. The molecule has 1 aromatic heterocycles. The van der Waals surface area contributed by atoms with Crippen LogP contribution in [0.1, 0.15) is 16.8 Å². The predicted molar refractivity (Wildman–Crippen MR) is 79.5 cm³/mol. The molecule has 0 bridgehead atoms. The van der Waals surface area contributed by atoms with Crippen molar-refractivity contribution in [3.63, 3.8) is 0 Å². The highest BCUT2D eigenvalue weighted by Gasteiger charge is 2.25. The van der Waals surface area contributed by atoms with Crippen molar-refractivity contribution in [2.45, 2.75) is 17.7 Å². The summed E-state index contributed by atoms with van der Waals surface area (Å²) in [7, 11) is -2.29. The van der Waals surface area contributed by atoms with E-state index in [-0.39, 0.29) is 10.8 Å². The first-order valence-electron chi connectivity index (χ1n) is 5.99. The van der Waals surface area contributed by atoms with Crippen molar-refractivity contribution in [2.75, 3.05) is 7.05 Å². The molecule has 2 aromatic rings. The van der Waals surface area contributed by atoms with Crippen LogP contribution in [0.25, 0.3) is 0 Å². The summed E-state index contributed by atoms with van der Waals surface area (Å²) in [5.41, 5.74) is 1.52. The van der Waals surface area contributed by atoms with Gasteiger partial charge in [0, 0.05) is 19.3 Å². The molecule has 2 rings (SSSR count). The van der Waals surface area contributed by atoms with Crippen LogP contribution in [0, 0.1) is 18.3 Å². The van der Waals surface area contributed by atoms with Gasteiger partial charge in [0.15, 0.2) is 4.21 Å². The fourth-order valence-corrected chi connectivity index (χ4v) is 4.51. The lowest BCUT2D eigenvalue weighted by atomic mass is 10.1. The lowest BCUT2D eigenvalue weighted by Gasteiger charge is -2.16. The fourth-order valence-electron chi connectivity index (χ4n) is 1.86. The number of nitrogens with zero attached hydrogens (tertiary/aromatic N) is 2. The monoisotopic (exact) mass is 323 g/mol. The third-order valence-corrected chi connectivity index (χ3v) is 6.27. The first-order chi connectivity index (χ1) is 9.84. The smallest absolute Gasteiger partial charge is 0.305 e. The van der Waals surface area contributed by atoms with Crippen LogP contribution in [-0.2, 0) is 16.6 Å². The maximum absolute atomic E-state index is 12.4. The second kappa shape index (κ2) is 5.81. The molecule has 0 aliphatic rings. The van der Waals surface area contributed by atoms with Gasteiger partial charge < -0.3 is 4.98 Å². The zero-order valence-corrected chi connectivity index (χ0v) is 13.1. The minimum absolute atomic E-state index is 0.0198. The van der Waals surface area contributed by atoms with Gasteiger partial charge in [0.2, 0.25) is 0 Å². The maximum atomic E-state index is 12.4. The van der Waals surface area contributed by atoms with Gasteiger partial charge in [0.05, 0.1) is 11.6 Å². The molecule has 0 saturated heterocycles. The van der Waals surface area contributed by atoms with E-state index in [9.17, 15) is 13.2 Å². The highest BCUT2D eigenvalue weighted by Crippen LogP contribution is 2.21. The quantitative estimate of drug-likeness (QED) is 0.921. The van der Waals surface area contributed by atoms with Crippen molar-refractivity contribution in [2.24, 2.45) is 0 Å². The molecule has 21 heavy (non-hydrogen) atoms. The Morgan fingerprint density at radius 2 is 2.14 bits per heavy atom. The molecule has 0 saturated carbocycles. The number of H-pyrrole nitrogens is 1. The van der Waals surface area contributed by atoms with Crippen LogP contribution in [0.15, 0.2) is 33.3 Å². The number of aryl methyl sites for hydroxylation is 1. The van der Waals surface area contributed by atoms with Gasteiger partial charge in [-0.2, -0.15) is 9.57 Å². The average molecular weight is 323 g/mol. The van der Waals surface area contributed by atoms with Gasteiger partial charge in [0.25, 0.3) is 10.0 Å². The predicted octanol–water partition coefficient (Wildman–Crippen LogP) is 1.44. The highest BCUT2D eigenvalue weighted by molar-refractivity contribution is 7.91. The number of rotatable bonds is 4. The number of aromatic amines is 1. The summed E-state index contributed by atoms with van der Waals surface area (Å²) < 4.78 is 26.1. The van der Waals surface area contributed by atoms with E-state index >= 15 is 0 Å². The van der Waals surface area contributed by atoms with Crippen LogP contribution in [0.4, 0.5) is 0 Å². The molecule has 0 amide bonds. The maximum Gasteiger partial charge on any atom is 0.305 e. The third-order valence-electron chi connectivity index (χ3n) is 2.89. The van der Waals surface area contributed by atoms with Crippen LogP contribution in [0.5, 0.6) is 0 Å². The molecule has 0 atom stereocenters. The number of nitriles is 1. The van der Waals surface area contributed by atoms with Crippen LogP contribution >= 0.6 is 11.3 Å². The van der Waals surface area contributed by atoms with E-state index in [1.54, 1.807) is 31.2 Å². The van der Waals surface area contributed by atoms with E-state index in [0.717, 1.165) is 4.31 Å². The minimum atomic E-state index is -3.73. The van der Waals surface area contributed by atoms with E-state index in [2.05, 4.69) is 4.98 Å².